The van der Waals surface area contributed by atoms with E-state index in [1.807, 2.05) is 0 Å². The number of nitrogens with zero attached hydrogens (tertiary/aromatic N) is 1. The van der Waals surface area contributed by atoms with Gasteiger partial charge in [-0.25, -0.2) is 23.6 Å². The molecule has 1 heterocycles. The first-order valence-electron chi connectivity index (χ1n) is 7.85. The van der Waals surface area contributed by atoms with E-state index in [1.54, 1.807) is 13.0 Å². The average molecular weight is 430 g/mol. The Morgan fingerprint density at radius 1 is 1.31 bits per heavy atom. The Morgan fingerprint density at radius 3 is 2.69 bits per heavy atom. The van der Waals surface area contributed by atoms with E-state index in [1.165, 1.54) is 6.20 Å². The summed E-state index contributed by atoms with van der Waals surface area (Å²) in [6, 6.07) is 2.31. The largest absolute Gasteiger partial charge is 0.336 e. The van der Waals surface area contributed by atoms with Gasteiger partial charge in [0, 0.05) is 6.20 Å². The maximum atomic E-state index is 14.3. The number of hydroxylamine groups is 1. The number of carbonyl (C=O) groups excluding carboxylic acids is 1. The Kier molecular flexibility index (Phi) is 5.47. The van der Waals surface area contributed by atoms with E-state index in [9.17, 15) is 18.0 Å². The van der Waals surface area contributed by atoms with Gasteiger partial charge in [0.1, 0.15) is 5.82 Å². The number of amides is 1. The number of aromatic nitrogens is 1. The van der Waals surface area contributed by atoms with Gasteiger partial charge in [-0.3, -0.25) is 9.63 Å². The molecular weight excluding hydrogens is 415 g/mol. The minimum Gasteiger partial charge on any atom is -0.336 e. The highest BCUT2D eigenvalue weighted by atomic mass is 79.9. The Balaban J connectivity index is 1.90. The first kappa shape index (κ1) is 18.7. The van der Waals surface area contributed by atoms with E-state index < -0.39 is 34.6 Å². The summed E-state index contributed by atoms with van der Waals surface area (Å²) >= 11 is 3.25. The van der Waals surface area contributed by atoms with Crippen LogP contribution in [0.25, 0.3) is 0 Å². The Morgan fingerprint density at radius 2 is 2.04 bits per heavy atom. The molecule has 0 bridgehead atoms. The predicted molar refractivity (Wildman–Crippen MR) is 92.4 cm³/mol. The van der Waals surface area contributed by atoms with Gasteiger partial charge in [0.15, 0.2) is 17.5 Å². The van der Waals surface area contributed by atoms with Gasteiger partial charge in [-0.15, -0.1) is 0 Å². The summed E-state index contributed by atoms with van der Waals surface area (Å²) in [6.07, 6.45) is 3.52. The van der Waals surface area contributed by atoms with Crippen molar-refractivity contribution in [2.75, 3.05) is 11.9 Å². The molecule has 0 atom stereocenters. The fourth-order valence-corrected chi connectivity index (χ4v) is 2.77. The predicted octanol–water partition coefficient (Wildman–Crippen LogP) is 4.38. The van der Waals surface area contributed by atoms with Crippen LogP contribution in [-0.4, -0.2) is 17.5 Å². The number of anilines is 2. The van der Waals surface area contributed by atoms with Gasteiger partial charge in [-0.2, -0.15) is 0 Å². The van der Waals surface area contributed by atoms with Crippen LogP contribution in [0.4, 0.5) is 24.7 Å². The van der Waals surface area contributed by atoms with Gasteiger partial charge in [0.2, 0.25) is 0 Å². The van der Waals surface area contributed by atoms with Crippen molar-refractivity contribution < 1.29 is 22.8 Å². The van der Waals surface area contributed by atoms with E-state index in [4.69, 9.17) is 4.84 Å². The van der Waals surface area contributed by atoms with Crippen LogP contribution < -0.4 is 10.8 Å². The molecule has 1 aromatic heterocycles. The quantitative estimate of drug-likeness (QED) is 0.528. The topological polar surface area (TPSA) is 63.2 Å². The monoisotopic (exact) mass is 429 g/mol. The summed E-state index contributed by atoms with van der Waals surface area (Å²) < 4.78 is 42.1. The van der Waals surface area contributed by atoms with Gasteiger partial charge < -0.3 is 5.32 Å². The second kappa shape index (κ2) is 7.63. The SMILES string of the molecule is Cc1cnc(Nc2c(C(=O)NOCC3CC3)cc(F)c(F)c2F)c(Br)c1. The minimum atomic E-state index is -1.69. The summed E-state index contributed by atoms with van der Waals surface area (Å²) in [5.41, 5.74) is 1.99. The molecule has 1 aromatic carbocycles. The smallest absolute Gasteiger partial charge is 0.277 e. The van der Waals surface area contributed by atoms with Crippen molar-refractivity contribution in [2.45, 2.75) is 19.8 Å². The van der Waals surface area contributed by atoms with Crippen LogP contribution in [0.15, 0.2) is 22.8 Å². The number of nitrogens with one attached hydrogen (secondary N) is 2. The van der Waals surface area contributed by atoms with Gasteiger partial charge >= 0.3 is 0 Å². The maximum Gasteiger partial charge on any atom is 0.277 e. The Bertz CT molecular complexity index is 860. The first-order chi connectivity index (χ1) is 12.4. The molecule has 5 nitrogen and oxygen atoms in total. The van der Waals surface area contributed by atoms with E-state index in [0.29, 0.717) is 23.1 Å². The second-order valence-corrected chi connectivity index (χ2v) is 6.92. The zero-order valence-electron chi connectivity index (χ0n) is 13.7. The van der Waals surface area contributed by atoms with Crippen LogP contribution in [0.2, 0.25) is 0 Å². The zero-order valence-corrected chi connectivity index (χ0v) is 15.3. The van der Waals surface area contributed by atoms with Crippen LogP contribution in [-0.2, 0) is 4.84 Å². The third kappa shape index (κ3) is 4.16. The van der Waals surface area contributed by atoms with Crippen molar-refractivity contribution in [1.29, 1.82) is 0 Å². The van der Waals surface area contributed by atoms with Crippen molar-refractivity contribution in [2.24, 2.45) is 5.92 Å². The zero-order chi connectivity index (χ0) is 18.8. The van der Waals surface area contributed by atoms with Crippen molar-refractivity contribution in [3.8, 4) is 0 Å². The average Bonchev–Trinajstić information content (AvgIpc) is 3.41. The molecule has 0 radical (unpaired) electrons. The van der Waals surface area contributed by atoms with Crippen molar-refractivity contribution in [3.05, 3.63) is 51.4 Å². The van der Waals surface area contributed by atoms with E-state index in [2.05, 4.69) is 31.7 Å². The molecule has 1 fully saturated rings. The molecule has 0 unspecified atom stereocenters. The van der Waals surface area contributed by atoms with Gasteiger partial charge in [-0.1, -0.05) is 0 Å². The standard InChI is InChI=1S/C17H15BrF3N3O2/c1-8-4-11(18)16(22-6-8)23-15-10(5-12(19)13(20)14(15)21)17(25)24-26-7-9-2-3-9/h4-6,9H,2-3,7H2,1H3,(H,22,23)(H,24,25). The lowest BCUT2D eigenvalue weighted by Gasteiger charge is -2.15. The van der Waals surface area contributed by atoms with Crippen LogP contribution in [0, 0.1) is 30.3 Å². The summed E-state index contributed by atoms with van der Waals surface area (Å²) in [6.45, 7) is 2.11. The molecule has 1 aliphatic carbocycles. The van der Waals surface area contributed by atoms with E-state index >= 15 is 0 Å². The number of rotatable bonds is 6. The molecule has 0 saturated heterocycles. The highest BCUT2D eigenvalue weighted by Gasteiger charge is 2.25. The first-order valence-corrected chi connectivity index (χ1v) is 8.65. The Hall–Kier alpha value is -2.13. The van der Waals surface area contributed by atoms with Gasteiger partial charge in [-0.05, 0) is 59.3 Å². The number of hydrogen-bond acceptors (Lipinski definition) is 4. The second-order valence-electron chi connectivity index (χ2n) is 6.06. The third-order valence-electron chi connectivity index (χ3n) is 3.81. The number of aryl methyl sites for hydroxylation is 1. The van der Waals surface area contributed by atoms with Crippen molar-refractivity contribution in [1.82, 2.24) is 10.5 Å². The minimum absolute atomic E-state index is 0.147. The number of hydrogen-bond donors (Lipinski definition) is 2. The van der Waals surface area contributed by atoms with Crippen molar-refractivity contribution >= 4 is 33.3 Å². The fraction of sp³-hybridized carbons (Fsp3) is 0.294. The van der Waals surface area contributed by atoms with Gasteiger partial charge in [0.05, 0.1) is 22.3 Å². The molecule has 2 aromatic rings. The lowest BCUT2D eigenvalue weighted by molar-refractivity contribution is 0.0270. The maximum absolute atomic E-state index is 14.3. The highest BCUT2D eigenvalue weighted by molar-refractivity contribution is 9.10. The Labute approximate surface area is 156 Å². The fourth-order valence-electron chi connectivity index (χ4n) is 2.20. The molecule has 0 spiro atoms. The number of halogens is 4. The third-order valence-corrected chi connectivity index (χ3v) is 4.41. The molecular formula is C17H15BrF3N3O2. The molecule has 3 rings (SSSR count). The highest BCUT2D eigenvalue weighted by Crippen LogP contribution is 2.31. The summed E-state index contributed by atoms with van der Waals surface area (Å²) in [4.78, 5) is 21.3. The molecule has 1 amide bonds. The molecule has 138 valence electrons. The molecule has 1 saturated carbocycles. The number of benzene rings is 1. The van der Waals surface area contributed by atoms with Crippen LogP contribution in [0.3, 0.4) is 0 Å². The lowest BCUT2D eigenvalue weighted by Crippen LogP contribution is -2.26. The van der Waals surface area contributed by atoms with E-state index in [-0.39, 0.29) is 5.82 Å². The molecule has 9 heteroatoms. The summed E-state index contributed by atoms with van der Waals surface area (Å²) in [5, 5.41) is 2.54. The normalized spacial score (nSPS) is 13.6. The molecule has 26 heavy (non-hydrogen) atoms. The number of pyridine rings is 1. The van der Waals surface area contributed by atoms with Crippen LogP contribution in [0.5, 0.6) is 0 Å². The molecule has 0 aliphatic heterocycles. The number of carbonyl (C=O) groups is 1. The van der Waals surface area contributed by atoms with Gasteiger partial charge in [0.25, 0.3) is 5.91 Å². The van der Waals surface area contributed by atoms with Crippen molar-refractivity contribution in [3.63, 3.8) is 0 Å². The van der Waals surface area contributed by atoms with E-state index in [0.717, 1.165) is 18.4 Å². The van der Waals surface area contributed by atoms with Crippen LogP contribution in [0.1, 0.15) is 28.8 Å². The molecule has 2 N–H and O–H groups in total. The molecule has 1 aliphatic rings. The summed E-state index contributed by atoms with van der Waals surface area (Å²) in [5.74, 6) is -5.06. The lowest BCUT2D eigenvalue weighted by atomic mass is 10.1. The van der Waals surface area contributed by atoms with Crippen LogP contribution >= 0.6 is 15.9 Å². The summed E-state index contributed by atoms with van der Waals surface area (Å²) in [7, 11) is 0.